The van der Waals surface area contributed by atoms with E-state index in [1.54, 1.807) is 0 Å². The minimum Gasteiger partial charge on any atom is -0.469 e. The predicted molar refractivity (Wildman–Crippen MR) is 135 cm³/mol. The molecule has 1 unspecified atom stereocenters. The molecule has 0 aromatic carbocycles. The number of carbonyl (C=O) groups is 2. The average Bonchev–Trinajstić information content (AvgIpc) is 3.09. The van der Waals surface area contributed by atoms with Gasteiger partial charge in [0.05, 0.1) is 7.11 Å². The number of carbonyl (C=O) groups excluding carboxylic acids is 2. The molecule has 0 bridgehead atoms. The number of methoxy groups -OCH3 is 1. The lowest BCUT2D eigenvalue weighted by Gasteiger charge is -2.61. The number of ketones is 1. The second kappa shape index (κ2) is 8.99. The highest BCUT2D eigenvalue weighted by molar-refractivity contribution is 6.69. The van der Waals surface area contributed by atoms with E-state index in [2.05, 4.69) is 40.4 Å². The summed E-state index contributed by atoms with van der Waals surface area (Å²) in [7, 11) is -0.411. The lowest BCUT2D eigenvalue weighted by atomic mass is 9.44. The Morgan fingerprint density at radius 2 is 1.76 bits per heavy atom. The Kier molecular flexibility index (Phi) is 6.96. The molecule has 4 aliphatic carbocycles. The van der Waals surface area contributed by atoms with Crippen molar-refractivity contribution in [2.24, 2.45) is 46.3 Å². The van der Waals surface area contributed by atoms with Crippen molar-refractivity contribution in [3.8, 4) is 0 Å². The van der Waals surface area contributed by atoms with Crippen molar-refractivity contribution >= 4 is 20.1 Å². The van der Waals surface area contributed by atoms with Gasteiger partial charge >= 0.3 is 5.97 Å². The van der Waals surface area contributed by atoms with Gasteiger partial charge < -0.3 is 14.3 Å². The molecule has 4 saturated carbocycles. The number of esters is 1. The van der Waals surface area contributed by atoms with Crippen LogP contribution in [-0.2, 0) is 18.8 Å². The second-order valence-corrected chi connectivity index (χ2v) is 18.2. The first-order valence-electron chi connectivity index (χ1n) is 13.7. The summed E-state index contributed by atoms with van der Waals surface area (Å²) >= 11 is 0. The summed E-state index contributed by atoms with van der Waals surface area (Å²) in [6.07, 6.45) is 8.82. The first kappa shape index (κ1) is 26.3. The molecule has 0 amide bonds. The topological polar surface area (TPSA) is 72.8 Å². The average molecular weight is 493 g/mol. The van der Waals surface area contributed by atoms with Crippen LogP contribution in [0.3, 0.4) is 0 Å². The molecule has 0 spiro atoms. The van der Waals surface area contributed by atoms with Crippen molar-refractivity contribution in [2.75, 3.05) is 7.11 Å². The quantitative estimate of drug-likeness (QED) is 0.282. The highest BCUT2D eigenvalue weighted by atomic mass is 28.4. The molecule has 0 radical (unpaired) electrons. The van der Waals surface area contributed by atoms with Crippen LogP contribution in [0.4, 0.5) is 0 Å². The van der Waals surface area contributed by atoms with Gasteiger partial charge in [-0.25, -0.2) is 0 Å². The molecule has 0 aliphatic heterocycles. The molecular formula is C28H48O5Si. The predicted octanol–water partition coefficient (Wildman–Crippen LogP) is 5.95. The maximum absolute atomic E-state index is 13.8. The first-order chi connectivity index (χ1) is 15.7. The highest BCUT2D eigenvalue weighted by Gasteiger charge is 2.64. The van der Waals surface area contributed by atoms with Gasteiger partial charge in [0.1, 0.15) is 5.78 Å². The molecule has 4 rings (SSSR count). The normalized spacial score (nSPS) is 45.2. The van der Waals surface area contributed by atoms with Gasteiger partial charge in [-0.05, 0) is 98.6 Å². The van der Waals surface area contributed by atoms with E-state index in [9.17, 15) is 14.7 Å². The van der Waals surface area contributed by atoms with Gasteiger partial charge in [0.2, 0.25) is 0 Å². The minimum atomic E-state index is -1.88. The Morgan fingerprint density at radius 1 is 1.09 bits per heavy atom. The van der Waals surface area contributed by atoms with Gasteiger partial charge in [0, 0.05) is 31.6 Å². The van der Waals surface area contributed by atoms with Crippen molar-refractivity contribution in [3.63, 3.8) is 0 Å². The molecule has 9 atom stereocenters. The monoisotopic (exact) mass is 492 g/mol. The van der Waals surface area contributed by atoms with Crippen molar-refractivity contribution < 1.29 is 23.9 Å². The van der Waals surface area contributed by atoms with Crippen LogP contribution >= 0.6 is 0 Å². The molecule has 194 valence electrons. The summed E-state index contributed by atoms with van der Waals surface area (Å²) in [6.45, 7) is 13.6. The largest absolute Gasteiger partial charge is 0.469 e. The van der Waals surface area contributed by atoms with Gasteiger partial charge in [-0.2, -0.15) is 0 Å². The number of Topliss-reactive ketones (excluding diaryl/α,β-unsaturated/α-hetero) is 1. The van der Waals surface area contributed by atoms with Gasteiger partial charge in [-0.3, -0.25) is 9.59 Å². The molecule has 6 heteroatoms. The van der Waals surface area contributed by atoms with Crippen LogP contribution in [0.1, 0.15) is 85.0 Å². The number of hydrogen-bond acceptors (Lipinski definition) is 5. The molecule has 1 N–H and O–H groups in total. The van der Waals surface area contributed by atoms with Gasteiger partial charge in [0.25, 0.3) is 0 Å². The smallest absolute Gasteiger partial charge is 0.305 e. The van der Waals surface area contributed by atoms with Crippen LogP contribution < -0.4 is 0 Å². The van der Waals surface area contributed by atoms with Crippen LogP contribution in [0.25, 0.3) is 0 Å². The maximum atomic E-state index is 13.8. The number of ether oxygens (including phenoxy) is 1. The van der Waals surface area contributed by atoms with Gasteiger partial charge in [-0.1, -0.05) is 20.8 Å². The molecular weight excluding hydrogens is 444 g/mol. The zero-order valence-corrected chi connectivity index (χ0v) is 23.6. The molecule has 4 aliphatic rings. The fourth-order valence-corrected chi connectivity index (χ4v) is 10.5. The SMILES string of the molecule is COC(=O)CC[C@@H](C)[C@H]1CC[C@H]2[C@@H]3C(=O)CC4C[C@@](O)(O[Si](C)(C)C)CC[C@]4(C)[C@H]3CC[C@]12C. The summed E-state index contributed by atoms with van der Waals surface area (Å²) < 4.78 is 11.1. The van der Waals surface area contributed by atoms with E-state index in [-0.39, 0.29) is 28.6 Å². The van der Waals surface area contributed by atoms with Crippen LogP contribution in [0, 0.1) is 46.3 Å². The van der Waals surface area contributed by atoms with E-state index < -0.39 is 14.1 Å². The van der Waals surface area contributed by atoms with Gasteiger partial charge in [-0.15, -0.1) is 0 Å². The third-order valence-electron chi connectivity index (χ3n) is 10.8. The lowest BCUT2D eigenvalue weighted by molar-refractivity contribution is -0.220. The highest BCUT2D eigenvalue weighted by Crippen LogP contribution is 2.68. The summed E-state index contributed by atoms with van der Waals surface area (Å²) in [5.41, 5.74) is 0.301. The van der Waals surface area contributed by atoms with Crippen LogP contribution in [-0.4, -0.2) is 38.1 Å². The molecule has 0 saturated heterocycles. The third kappa shape index (κ3) is 4.56. The van der Waals surface area contributed by atoms with Crippen LogP contribution in [0.5, 0.6) is 0 Å². The molecule has 34 heavy (non-hydrogen) atoms. The van der Waals surface area contributed by atoms with Crippen molar-refractivity contribution in [3.05, 3.63) is 0 Å². The molecule has 4 fully saturated rings. The summed E-state index contributed by atoms with van der Waals surface area (Å²) in [4.78, 5) is 25.5. The fraction of sp³-hybridized carbons (Fsp3) is 0.929. The Bertz CT molecular complexity index is 807. The Labute approximate surface area is 207 Å². The van der Waals surface area contributed by atoms with E-state index in [0.29, 0.717) is 55.1 Å². The summed E-state index contributed by atoms with van der Waals surface area (Å²) in [6, 6.07) is 0. The van der Waals surface area contributed by atoms with E-state index in [0.717, 1.165) is 25.7 Å². The van der Waals surface area contributed by atoms with E-state index in [1.807, 2.05) is 0 Å². The zero-order chi connectivity index (χ0) is 25.1. The lowest BCUT2D eigenvalue weighted by Crippen LogP contribution is -2.60. The Balaban J connectivity index is 1.51. The minimum absolute atomic E-state index is 0.115. The summed E-state index contributed by atoms with van der Waals surface area (Å²) in [5, 5.41) is 11.3. The number of fused-ring (bicyclic) bond motifs is 5. The maximum Gasteiger partial charge on any atom is 0.305 e. The van der Waals surface area contributed by atoms with E-state index in [1.165, 1.54) is 20.0 Å². The Hall–Kier alpha value is -0.723. The summed E-state index contributed by atoms with van der Waals surface area (Å²) in [5.74, 6) is 1.59. The van der Waals surface area contributed by atoms with Crippen LogP contribution in [0.2, 0.25) is 19.6 Å². The number of hydrogen-bond donors (Lipinski definition) is 1. The second-order valence-electron chi connectivity index (χ2n) is 13.8. The molecule has 0 heterocycles. The number of rotatable bonds is 6. The van der Waals surface area contributed by atoms with E-state index in [4.69, 9.17) is 9.16 Å². The molecule has 0 aromatic heterocycles. The zero-order valence-electron chi connectivity index (χ0n) is 22.6. The molecule has 0 aromatic rings. The van der Waals surface area contributed by atoms with Crippen molar-refractivity contribution in [2.45, 2.75) is 110 Å². The van der Waals surface area contributed by atoms with Gasteiger partial charge in [0.15, 0.2) is 14.1 Å². The van der Waals surface area contributed by atoms with Crippen molar-refractivity contribution in [1.82, 2.24) is 0 Å². The van der Waals surface area contributed by atoms with Crippen LogP contribution in [0.15, 0.2) is 0 Å². The van der Waals surface area contributed by atoms with Crippen molar-refractivity contribution in [1.29, 1.82) is 0 Å². The fourth-order valence-electron chi connectivity index (χ4n) is 9.18. The Morgan fingerprint density at radius 3 is 2.41 bits per heavy atom. The first-order valence-corrected chi connectivity index (χ1v) is 17.2. The number of aliphatic hydroxyl groups is 1. The third-order valence-corrected chi connectivity index (χ3v) is 11.8. The standard InChI is InChI=1S/C28H48O5Si/c1-18(8-11-24(30)32-4)20-9-10-21-25-22(12-13-27(20,21)3)26(2)14-15-28(31,33-34(5,6)7)17-19(26)16-23(25)29/h18-22,25,31H,8-17H2,1-7H3/t18-,19?,20-,21+,22+,25+,26+,27-,28+/m1/s1. The molecule has 5 nitrogen and oxygen atoms in total. The van der Waals surface area contributed by atoms with E-state index >= 15 is 0 Å².